The van der Waals surface area contributed by atoms with Crippen LogP contribution < -0.4 is 16.0 Å². The van der Waals surface area contributed by atoms with Crippen molar-refractivity contribution in [2.75, 3.05) is 19.6 Å². The number of nitrogens with one attached hydrogen (secondary N) is 3. The molecule has 21 heavy (non-hydrogen) atoms. The highest BCUT2D eigenvalue weighted by Crippen LogP contribution is 2.11. The fraction of sp³-hybridized carbons (Fsp3) is 0.600. The molecule has 3 N–H and O–H groups in total. The molecule has 0 atom stereocenters. The summed E-state index contributed by atoms with van der Waals surface area (Å²) in [6, 6.07) is 3.73. The molecule has 0 fully saturated rings. The van der Waals surface area contributed by atoms with Crippen molar-refractivity contribution in [3.63, 3.8) is 0 Å². The van der Waals surface area contributed by atoms with Crippen molar-refractivity contribution in [3.8, 4) is 0 Å². The summed E-state index contributed by atoms with van der Waals surface area (Å²) in [5.41, 5.74) is -0.363. The number of furan rings is 1. The van der Waals surface area contributed by atoms with E-state index in [9.17, 15) is 4.79 Å². The van der Waals surface area contributed by atoms with E-state index in [0.717, 1.165) is 12.3 Å². The zero-order valence-electron chi connectivity index (χ0n) is 13.3. The SMILES string of the molecule is CCNC(=NCc1ccco1)NCCNC(=O)C(C)(C)C. The Bertz CT molecular complexity index is 447. The molecule has 1 heterocycles. The zero-order valence-corrected chi connectivity index (χ0v) is 13.3. The lowest BCUT2D eigenvalue weighted by Crippen LogP contribution is -2.43. The normalized spacial score (nSPS) is 12.1. The summed E-state index contributed by atoms with van der Waals surface area (Å²) in [5, 5.41) is 9.21. The molecule has 6 heteroatoms. The van der Waals surface area contributed by atoms with Crippen molar-refractivity contribution < 1.29 is 9.21 Å². The molecule has 0 aromatic carbocycles. The van der Waals surface area contributed by atoms with E-state index in [-0.39, 0.29) is 11.3 Å². The summed E-state index contributed by atoms with van der Waals surface area (Å²) in [7, 11) is 0. The van der Waals surface area contributed by atoms with Crippen molar-refractivity contribution in [1.82, 2.24) is 16.0 Å². The second-order valence-electron chi connectivity index (χ2n) is 5.71. The van der Waals surface area contributed by atoms with Gasteiger partial charge < -0.3 is 20.4 Å². The van der Waals surface area contributed by atoms with Gasteiger partial charge in [0, 0.05) is 25.0 Å². The first-order valence-electron chi connectivity index (χ1n) is 7.26. The van der Waals surface area contributed by atoms with Crippen molar-refractivity contribution in [2.24, 2.45) is 10.4 Å². The van der Waals surface area contributed by atoms with Gasteiger partial charge in [0.05, 0.1) is 6.26 Å². The van der Waals surface area contributed by atoms with E-state index in [1.165, 1.54) is 0 Å². The van der Waals surface area contributed by atoms with Crippen molar-refractivity contribution >= 4 is 11.9 Å². The first kappa shape index (κ1) is 17.1. The van der Waals surface area contributed by atoms with Gasteiger partial charge in [-0.2, -0.15) is 0 Å². The number of carbonyl (C=O) groups is 1. The quantitative estimate of drug-likeness (QED) is 0.422. The summed E-state index contributed by atoms with van der Waals surface area (Å²) < 4.78 is 5.24. The van der Waals surface area contributed by atoms with Gasteiger partial charge in [0.1, 0.15) is 12.3 Å². The number of aliphatic imine (C=N–C) groups is 1. The third-order valence-electron chi connectivity index (χ3n) is 2.70. The van der Waals surface area contributed by atoms with Gasteiger partial charge in [-0.05, 0) is 19.1 Å². The maximum absolute atomic E-state index is 11.7. The zero-order chi connectivity index (χ0) is 15.7. The monoisotopic (exact) mass is 294 g/mol. The average Bonchev–Trinajstić information content (AvgIpc) is 2.92. The molecule has 118 valence electrons. The van der Waals surface area contributed by atoms with Gasteiger partial charge in [0.15, 0.2) is 5.96 Å². The smallest absolute Gasteiger partial charge is 0.225 e. The standard InChI is InChI=1S/C15H26N4O2/c1-5-16-14(19-11-12-7-6-10-21-12)18-9-8-17-13(20)15(2,3)4/h6-7,10H,5,8-9,11H2,1-4H3,(H,17,20)(H2,16,18,19). The second kappa shape index (κ2) is 8.34. The molecular formula is C15H26N4O2. The van der Waals surface area contributed by atoms with Gasteiger partial charge in [0.25, 0.3) is 0 Å². The minimum Gasteiger partial charge on any atom is -0.467 e. The maximum atomic E-state index is 11.7. The van der Waals surface area contributed by atoms with Crippen LogP contribution in [0.5, 0.6) is 0 Å². The maximum Gasteiger partial charge on any atom is 0.225 e. The van der Waals surface area contributed by atoms with E-state index < -0.39 is 0 Å². The van der Waals surface area contributed by atoms with Gasteiger partial charge in [-0.1, -0.05) is 20.8 Å². The van der Waals surface area contributed by atoms with Crippen molar-refractivity contribution in [1.29, 1.82) is 0 Å². The minimum atomic E-state index is -0.363. The lowest BCUT2D eigenvalue weighted by molar-refractivity contribution is -0.128. The molecule has 1 aromatic heterocycles. The van der Waals surface area contributed by atoms with Gasteiger partial charge >= 0.3 is 0 Å². The van der Waals surface area contributed by atoms with Crippen LogP contribution in [0.4, 0.5) is 0 Å². The predicted molar refractivity (Wildman–Crippen MR) is 84.0 cm³/mol. The first-order chi connectivity index (χ1) is 9.93. The molecular weight excluding hydrogens is 268 g/mol. The Morgan fingerprint density at radius 1 is 1.24 bits per heavy atom. The third-order valence-corrected chi connectivity index (χ3v) is 2.70. The molecule has 0 aliphatic rings. The van der Waals surface area contributed by atoms with Gasteiger partial charge in [-0.25, -0.2) is 4.99 Å². The van der Waals surface area contributed by atoms with Crippen LogP contribution in [0.15, 0.2) is 27.8 Å². The third kappa shape index (κ3) is 6.83. The number of rotatable bonds is 6. The summed E-state index contributed by atoms with van der Waals surface area (Å²) in [5.74, 6) is 1.56. The number of amides is 1. The largest absolute Gasteiger partial charge is 0.467 e. The van der Waals surface area contributed by atoms with Crippen LogP contribution in [-0.4, -0.2) is 31.5 Å². The van der Waals surface area contributed by atoms with Gasteiger partial charge in [0.2, 0.25) is 5.91 Å². The predicted octanol–water partition coefficient (Wildman–Crippen LogP) is 1.50. The molecule has 0 spiro atoms. The second-order valence-corrected chi connectivity index (χ2v) is 5.71. The van der Waals surface area contributed by atoms with Crippen LogP contribution in [0.1, 0.15) is 33.5 Å². The van der Waals surface area contributed by atoms with Gasteiger partial charge in [-0.3, -0.25) is 4.79 Å². The van der Waals surface area contributed by atoms with E-state index in [1.807, 2.05) is 39.8 Å². The molecule has 0 aliphatic heterocycles. The van der Waals surface area contributed by atoms with Crippen LogP contribution in [0.3, 0.4) is 0 Å². The molecule has 1 aromatic rings. The topological polar surface area (TPSA) is 78.7 Å². The molecule has 0 radical (unpaired) electrons. The highest BCUT2D eigenvalue weighted by molar-refractivity contribution is 5.81. The molecule has 0 unspecified atom stereocenters. The minimum absolute atomic E-state index is 0.0434. The van der Waals surface area contributed by atoms with E-state index in [0.29, 0.717) is 25.6 Å². The number of carbonyl (C=O) groups excluding carboxylic acids is 1. The van der Waals surface area contributed by atoms with Crippen LogP contribution in [0.25, 0.3) is 0 Å². The number of hydrogen-bond acceptors (Lipinski definition) is 3. The molecule has 1 amide bonds. The fourth-order valence-electron chi connectivity index (χ4n) is 1.52. The van der Waals surface area contributed by atoms with E-state index in [2.05, 4.69) is 20.9 Å². The van der Waals surface area contributed by atoms with E-state index in [4.69, 9.17) is 4.42 Å². The summed E-state index contributed by atoms with van der Waals surface area (Å²) >= 11 is 0. The Morgan fingerprint density at radius 2 is 1.95 bits per heavy atom. The lowest BCUT2D eigenvalue weighted by atomic mass is 9.96. The molecule has 6 nitrogen and oxygen atoms in total. The summed E-state index contributed by atoms with van der Waals surface area (Å²) in [6.07, 6.45) is 1.63. The fourth-order valence-corrected chi connectivity index (χ4v) is 1.52. The molecule has 0 bridgehead atoms. The van der Waals surface area contributed by atoms with Crippen LogP contribution in [-0.2, 0) is 11.3 Å². The molecule has 1 rings (SSSR count). The highest BCUT2D eigenvalue weighted by atomic mass is 16.3. The van der Waals surface area contributed by atoms with Crippen LogP contribution >= 0.6 is 0 Å². The summed E-state index contributed by atoms with van der Waals surface area (Å²) in [4.78, 5) is 16.1. The Labute approximate surface area is 126 Å². The van der Waals surface area contributed by atoms with E-state index in [1.54, 1.807) is 6.26 Å². The first-order valence-corrected chi connectivity index (χ1v) is 7.26. The van der Waals surface area contributed by atoms with Crippen molar-refractivity contribution in [2.45, 2.75) is 34.2 Å². The molecule has 0 saturated carbocycles. The molecule has 0 saturated heterocycles. The lowest BCUT2D eigenvalue weighted by Gasteiger charge is -2.18. The number of nitrogens with zero attached hydrogens (tertiary/aromatic N) is 1. The average molecular weight is 294 g/mol. The Balaban J connectivity index is 2.34. The highest BCUT2D eigenvalue weighted by Gasteiger charge is 2.20. The Kier molecular flexibility index (Phi) is 6.78. The number of hydrogen-bond donors (Lipinski definition) is 3. The van der Waals surface area contributed by atoms with E-state index >= 15 is 0 Å². The summed E-state index contributed by atoms with van der Waals surface area (Å²) in [6.45, 7) is 10.1. The van der Waals surface area contributed by atoms with Crippen molar-refractivity contribution in [3.05, 3.63) is 24.2 Å². The van der Waals surface area contributed by atoms with Crippen LogP contribution in [0, 0.1) is 5.41 Å². The number of guanidine groups is 1. The van der Waals surface area contributed by atoms with Crippen LogP contribution in [0.2, 0.25) is 0 Å². The molecule has 0 aliphatic carbocycles. The van der Waals surface area contributed by atoms with Gasteiger partial charge in [-0.15, -0.1) is 0 Å². The Hall–Kier alpha value is -1.98. The Morgan fingerprint density at radius 3 is 2.52 bits per heavy atom.